The van der Waals surface area contributed by atoms with E-state index in [1.165, 1.54) is 0 Å². The summed E-state index contributed by atoms with van der Waals surface area (Å²) in [6, 6.07) is 22.9. The predicted octanol–water partition coefficient (Wildman–Crippen LogP) is 6.07. The SMILES string of the molecule is O=C(CN1C(=O)S/C(=C/c2cc(Br)ccc2OCc2ccc(Cl)cc2)C1=O)N1CCN(c2ccccc2)CC1. The number of carbonyl (C=O) groups is 3. The second kappa shape index (κ2) is 12.3. The molecule has 0 atom stereocenters. The molecule has 0 bridgehead atoms. The third-order valence-corrected chi connectivity index (χ3v) is 8.14. The molecule has 0 aliphatic carbocycles. The van der Waals surface area contributed by atoms with E-state index in [1.54, 1.807) is 29.2 Å². The smallest absolute Gasteiger partial charge is 0.294 e. The van der Waals surface area contributed by atoms with E-state index in [0.717, 1.165) is 32.4 Å². The quantitative estimate of drug-likeness (QED) is 0.297. The normalized spacial score (nSPS) is 16.8. The minimum atomic E-state index is -0.482. The number of para-hydroxylation sites is 1. The third-order valence-electron chi connectivity index (χ3n) is 6.49. The van der Waals surface area contributed by atoms with Crippen molar-refractivity contribution in [3.63, 3.8) is 0 Å². The van der Waals surface area contributed by atoms with Crippen molar-refractivity contribution >= 4 is 68.1 Å². The van der Waals surface area contributed by atoms with Gasteiger partial charge >= 0.3 is 0 Å². The highest BCUT2D eigenvalue weighted by Gasteiger charge is 2.37. The van der Waals surface area contributed by atoms with Crippen LogP contribution in [0.5, 0.6) is 5.75 Å². The highest BCUT2D eigenvalue weighted by Crippen LogP contribution is 2.35. The maximum atomic E-state index is 13.2. The van der Waals surface area contributed by atoms with Crippen LogP contribution in [0.25, 0.3) is 6.08 Å². The fourth-order valence-corrected chi connectivity index (χ4v) is 5.70. The molecule has 3 aromatic rings. The van der Waals surface area contributed by atoms with Crippen molar-refractivity contribution in [3.05, 3.63) is 98.3 Å². The van der Waals surface area contributed by atoms with E-state index in [2.05, 4.69) is 20.8 Å². The van der Waals surface area contributed by atoms with Gasteiger partial charge in [0, 0.05) is 46.9 Å². The van der Waals surface area contributed by atoms with Crippen molar-refractivity contribution in [1.29, 1.82) is 0 Å². The first-order chi connectivity index (χ1) is 18.9. The predicted molar refractivity (Wildman–Crippen MR) is 158 cm³/mol. The molecule has 200 valence electrons. The zero-order valence-corrected chi connectivity index (χ0v) is 24.0. The second-order valence-corrected chi connectivity index (χ2v) is 11.4. The van der Waals surface area contributed by atoms with E-state index in [1.807, 2.05) is 54.6 Å². The monoisotopic (exact) mass is 625 g/mol. The fraction of sp³-hybridized carbons (Fsp3) is 0.207. The Labute approximate surface area is 244 Å². The summed E-state index contributed by atoms with van der Waals surface area (Å²) in [5, 5.41) is 0.188. The maximum absolute atomic E-state index is 13.2. The Kier molecular flexibility index (Phi) is 8.60. The first kappa shape index (κ1) is 27.3. The number of halogens is 2. The highest BCUT2D eigenvalue weighted by atomic mass is 79.9. The zero-order chi connectivity index (χ0) is 27.4. The van der Waals surface area contributed by atoms with Crippen molar-refractivity contribution in [1.82, 2.24) is 9.80 Å². The minimum Gasteiger partial charge on any atom is -0.488 e. The molecule has 0 radical (unpaired) electrons. The average Bonchev–Trinajstić information content (AvgIpc) is 3.21. The molecule has 5 rings (SSSR count). The number of rotatable bonds is 7. The molecular formula is C29H25BrClN3O4S. The Morgan fingerprint density at radius 1 is 0.974 bits per heavy atom. The maximum Gasteiger partial charge on any atom is 0.294 e. The van der Waals surface area contributed by atoms with Crippen LogP contribution in [0.4, 0.5) is 10.5 Å². The van der Waals surface area contributed by atoms with Crippen LogP contribution in [-0.4, -0.2) is 59.6 Å². The van der Waals surface area contributed by atoms with Crippen LogP contribution in [0, 0.1) is 0 Å². The number of nitrogens with zero attached hydrogens (tertiary/aromatic N) is 3. The molecule has 0 aromatic heterocycles. The molecule has 10 heteroatoms. The Morgan fingerprint density at radius 3 is 2.41 bits per heavy atom. The largest absolute Gasteiger partial charge is 0.488 e. The Morgan fingerprint density at radius 2 is 1.69 bits per heavy atom. The molecule has 0 unspecified atom stereocenters. The van der Waals surface area contributed by atoms with Gasteiger partial charge in [0.25, 0.3) is 11.1 Å². The lowest BCUT2D eigenvalue weighted by Gasteiger charge is -2.36. The van der Waals surface area contributed by atoms with Gasteiger partial charge in [0.1, 0.15) is 18.9 Å². The topological polar surface area (TPSA) is 70.2 Å². The van der Waals surface area contributed by atoms with E-state index in [-0.39, 0.29) is 17.4 Å². The van der Waals surface area contributed by atoms with E-state index in [4.69, 9.17) is 16.3 Å². The van der Waals surface area contributed by atoms with E-state index < -0.39 is 11.1 Å². The second-order valence-electron chi connectivity index (χ2n) is 9.07. The summed E-state index contributed by atoms with van der Waals surface area (Å²) in [7, 11) is 0. The van der Waals surface area contributed by atoms with Crippen LogP contribution in [0.2, 0.25) is 5.02 Å². The number of thioether (sulfide) groups is 1. The van der Waals surface area contributed by atoms with E-state index >= 15 is 0 Å². The molecular weight excluding hydrogens is 602 g/mol. The average molecular weight is 627 g/mol. The minimum absolute atomic E-state index is 0.235. The van der Waals surface area contributed by atoms with Crippen LogP contribution < -0.4 is 9.64 Å². The van der Waals surface area contributed by atoms with Crippen LogP contribution in [0.3, 0.4) is 0 Å². The summed E-state index contributed by atoms with van der Waals surface area (Å²) in [6.45, 7) is 2.50. The van der Waals surface area contributed by atoms with Gasteiger partial charge < -0.3 is 14.5 Å². The molecule has 7 nitrogen and oxygen atoms in total. The summed E-state index contributed by atoms with van der Waals surface area (Å²) < 4.78 is 6.81. The summed E-state index contributed by atoms with van der Waals surface area (Å²) in [5.41, 5.74) is 2.70. The van der Waals surface area contributed by atoms with Crippen molar-refractivity contribution in [2.24, 2.45) is 0 Å². The molecule has 2 fully saturated rings. The van der Waals surface area contributed by atoms with Gasteiger partial charge in [-0.1, -0.05) is 57.9 Å². The fourth-order valence-electron chi connectivity index (χ4n) is 4.37. The number of amides is 3. The van der Waals surface area contributed by atoms with Crippen LogP contribution in [0.1, 0.15) is 11.1 Å². The first-order valence-electron chi connectivity index (χ1n) is 12.4. The van der Waals surface area contributed by atoms with Crippen molar-refractivity contribution < 1.29 is 19.1 Å². The number of ether oxygens (including phenoxy) is 1. The molecule has 39 heavy (non-hydrogen) atoms. The number of benzene rings is 3. The van der Waals surface area contributed by atoms with E-state index in [0.29, 0.717) is 49.1 Å². The highest BCUT2D eigenvalue weighted by molar-refractivity contribution is 9.10. The molecule has 0 N–H and O–H groups in total. The number of hydrogen-bond acceptors (Lipinski definition) is 6. The lowest BCUT2D eigenvalue weighted by atomic mass is 10.1. The molecule has 2 aliphatic heterocycles. The number of anilines is 1. The number of imide groups is 1. The molecule has 3 aromatic carbocycles. The van der Waals surface area contributed by atoms with Gasteiger partial charge in [0.2, 0.25) is 5.91 Å². The molecule has 2 aliphatic rings. The summed E-state index contributed by atoms with van der Waals surface area (Å²) >= 11 is 10.3. The molecule has 2 heterocycles. The molecule has 3 amide bonds. The zero-order valence-electron chi connectivity index (χ0n) is 20.9. The summed E-state index contributed by atoms with van der Waals surface area (Å²) in [5.74, 6) is -0.155. The molecule has 0 spiro atoms. The van der Waals surface area contributed by atoms with Gasteiger partial charge in [0.05, 0.1) is 4.91 Å². The lowest BCUT2D eigenvalue weighted by Crippen LogP contribution is -2.51. The molecule has 2 saturated heterocycles. The number of carbonyl (C=O) groups excluding carboxylic acids is 3. The van der Waals surface area contributed by atoms with Gasteiger partial charge in [-0.3, -0.25) is 19.3 Å². The summed E-state index contributed by atoms with van der Waals surface area (Å²) in [4.78, 5) is 44.1. The molecule has 0 saturated carbocycles. The van der Waals surface area contributed by atoms with Crippen molar-refractivity contribution in [2.75, 3.05) is 37.6 Å². The van der Waals surface area contributed by atoms with E-state index in [9.17, 15) is 14.4 Å². The summed E-state index contributed by atoms with van der Waals surface area (Å²) in [6.07, 6.45) is 1.63. The number of piperazine rings is 1. The number of hydrogen-bond donors (Lipinski definition) is 0. The van der Waals surface area contributed by atoms with Gasteiger partial charge in [-0.05, 0) is 65.9 Å². The van der Waals surface area contributed by atoms with Gasteiger partial charge in [0.15, 0.2) is 0 Å². The van der Waals surface area contributed by atoms with Crippen LogP contribution in [-0.2, 0) is 16.2 Å². The Hall–Kier alpha value is -3.27. The lowest BCUT2D eigenvalue weighted by molar-refractivity contribution is -0.136. The first-order valence-corrected chi connectivity index (χ1v) is 14.4. The van der Waals surface area contributed by atoms with Gasteiger partial charge in [-0.15, -0.1) is 0 Å². The van der Waals surface area contributed by atoms with Crippen LogP contribution >= 0.6 is 39.3 Å². The Bertz CT molecular complexity index is 1410. The van der Waals surface area contributed by atoms with Gasteiger partial charge in [-0.2, -0.15) is 0 Å². The van der Waals surface area contributed by atoms with Crippen molar-refractivity contribution in [2.45, 2.75) is 6.61 Å². The Balaban J connectivity index is 1.23. The third kappa shape index (κ3) is 6.66. The van der Waals surface area contributed by atoms with Crippen molar-refractivity contribution in [3.8, 4) is 5.75 Å². The standard InChI is InChI=1S/C29H25BrClN3O4S/c30-22-8-11-25(38-19-20-6-9-23(31)10-7-20)21(16-22)17-26-28(36)34(29(37)39-26)18-27(35)33-14-12-32(13-15-33)24-4-2-1-3-5-24/h1-11,16-17H,12-15,18-19H2/b26-17+. The van der Waals surface area contributed by atoms with Crippen LogP contribution in [0.15, 0.2) is 82.2 Å². The van der Waals surface area contributed by atoms with Gasteiger partial charge in [-0.25, -0.2) is 0 Å².